The molecular formula is C18H15F3N2O2S. The molecule has 8 heteroatoms. The Kier molecular flexibility index (Phi) is 5.13. The maximum Gasteiger partial charge on any atom is 0.422 e. The highest BCUT2D eigenvalue weighted by Gasteiger charge is 2.28. The SMILES string of the molecule is CC(NC(=O)c1cc2ccccc2s1)c1ccc(OCC(F)(F)F)nc1. The second-order valence-electron chi connectivity index (χ2n) is 5.68. The van der Waals surface area contributed by atoms with Gasteiger partial charge in [0.15, 0.2) is 6.61 Å². The number of carbonyl (C=O) groups is 1. The fourth-order valence-electron chi connectivity index (χ4n) is 2.33. The number of rotatable bonds is 5. The Hall–Kier alpha value is -2.61. The minimum atomic E-state index is -4.41. The fraction of sp³-hybridized carbons (Fsp3) is 0.222. The van der Waals surface area contributed by atoms with Crippen molar-refractivity contribution in [1.82, 2.24) is 10.3 Å². The number of amides is 1. The first-order chi connectivity index (χ1) is 12.3. The van der Waals surface area contributed by atoms with Gasteiger partial charge in [-0.3, -0.25) is 4.79 Å². The lowest BCUT2D eigenvalue weighted by molar-refractivity contribution is -0.154. The Bertz CT molecular complexity index is 874. The third kappa shape index (κ3) is 4.51. The lowest BCUT2D eigenvalue weighted by Crippen LogP contribution is -2.26. The average Bonchev–Trinajstić information content (AvgIpc) is 3.04. The van der Waals surface area contributed by atoms with Crippen LogP contribution in [0.5, 0.6) is 5.88 Å². The summed E-state index contributed by atoms with van der Waals surface area (Å²) in [6, 6.07) is 12.1. The van der Waals surface area contributed by atoms with Gasteiger partial charge in [0, 0.05) is 17.0 Å². The molecule has 1 atom stereocenters. The van der Waals surface area contributed by atoms with Gasteiger partial charge in [0.05, 0.1) is 10.9 Å². The molecule has 0 bridgehead atoms. The third-order valence-corrected chi connectivity index (χ3v) is 4.75. The maximum atomic E-state index is 12.4. The van der Waals surface area contributed by atoms with Crippen LogP contribution in [0, 0.1) is 0 Å². The molecule has 1 amide bonds. The van der Waals surface area contributed by atoms with E-state index in [1.807, 2.05) is 30.3 Å². The van der Waals surface area contributed by atoms with Crippen molar-refractivity contribution in [1.29, 1.82) is 0 Å². The normalized spacial score (nSPS) is 12.8. The Morgan fingerprint density at radius 3 is 2.69 bits per heavy atom. The Balaban J connectivity index is 1.63. The number of alkyl halides is 3. The molecule has 1 unspecified atom stereocenters. The first kappa shape index (κ1) is 18.2. The van der Waals surface area contributed by atoms with Crippen LogP contribution in [0.2, 0.25) is 0 Å². The Morgan fingerprint density at radius 1 is 1.27 bits per heavy atom. The molecule has 0 aliphatic carbocycles. The standard InChI is InChI=1S/C18H15F3N2O2S/c1-11(13-6-7-16(22-9-13)25-10-18(19,20)21)23-17(24)15-8-12-4-2-3-5-14(12)26-15/h2-9,11H,10H2,1H3,(H,23,24). The number of nitrogens with zero attached hydrogens (tertiary/aromatic N) is 1. The van der Waals surface area contributed by atoms with Gasteiger partial charge in [-0.15, -0.1) is 11.3 Å². The van der Waals surface area contributed by atoms with E-state index >= 15 is 0 Å². The van der Waals surface area contributed by atoms with Crippen LogP contribution in [0.1, 0.15) is 28.2 Å². The highest BCUT2D eigenvalue weighted by molar-refractivity contribution is 7.20. The molecule has 3 aromatic rings. The topological polar surface area (TPSA) is 51.2 Å². The summed E-state index contributed by atoms with van der Waals surface area (Å²) in [5, 5.41) is 3.86. The van der Waals surface area contributed by atoms with Gasteiger partial charge in [0.25, 0.3) is 5.91 Å². The second kappa shape index (κ2) is 7.33. The van der Waals surface area contributed by atoms with Gasteiger partial charge in [-0.2, -0.15) is 13.2 Å². The van der Waals surface area contributed by atoms with Crippen LogP contribution in [-0.4, -0.2) is 23.7 Å². The number of hydrogen-bond acceptors (Lipinski definition) is 4. The largest absolute Gasteiger partial charge is 0.468 e. The molecule has 0 saturated carbocycles. The maximum absolute atomic E-state index is 12.4. The van der Waals surface area contributed by atoms with Crippen molar-refractivity contribution >= 4 is 27.3 Å². The monoisotopic (exact) mass is 380 g/mol. The summed E-state index contributed by atoms with van der Waals surface area (Å²) in [5.74, 6) is -0.329. The van der Waals surface area contributed by atoms with Gasteiger partial charge in [-0.05, 0) is 30.0 Å². The van der Waals surface area contributed by atoms with Crippen LogP contribution < -0.4 is 10.1 Å². The molecule has 4 nitrogen and oxygen atoms in total. The Morgan fingerprint density at radius 2 is 2.04 bits per heavy atom. The zero-order chi connectivity index (χ0) is 18.7. The van der Waals surface area contributed by atoms with E-state index in [4.69, 9.17) is 0 Å². The van der Waals surface area contributed by atoms with Crippen LogP contribution in [0.4, 0.5) is 13.2 Å². The number of fused-ring (bicyclic) bond motifs is 1. The molecule has 2 heterocycles. The highest BCUT2D eigenvalue weighted by atomic mass is 32.1. The number of aromatic nitrogens is 1. The van der Waals surface area contributed by atoms with Crippen LogP contribution >= 0.6 is 11.3 Å². The molecule has 0 saturated heterocycles. The summed E-state index contributed by atoms with van der Waals surface area (Å²) in [6.07, 6.45) is -3.02. The quantitative estimate of drug-likeness (QED) is 0.696. The lowest BCUT2D eigenvalue weighted by Gasteiger charge is -2.14. The minimum absolute atomic E-state index is 0.117. The molecule has 136 valence electrons. The predicted molar refractivity (Wildman–Crippen MR) is 93.5 cm³/mol. The van der Waals surface area contributed by atoms with E-state index in [0.29, 0.717) is 10.4 Å². The van der Waals surface area contributed by atoms with Gasteiger partial charge in [-0.1, -0.05) is 24.3 Å². The molecule has 0 aliphatic heterocycles. The zero-order valence-corrected chi connectivity index (χ0v) is 14.5. The third-order valence-electron chi connectivity index (χ3n) is 3.64. The summed E-state index contributed by atoms with van der Waals surface area (Å²) >= 11 is 1.40. The van der Waals surface area contributed by atoms with Crippen molar-refractivity contribution < 1.29 is 22.7 Å². The summed E-state index contributed by atoms with van der Waals surface area (Å²) < 4.78 is 42.0. The molecule has 0 radical (unpaired) electrons. The summed E-state index contributed by atoms with van der Waals surface area (Å²) in [6.45, 7) is 0.385. The lowest BCUT2D eigenvalue weighted by atomic mass is 10.1. The number of hydrogen-bond donors (Lipinski definition) is 1. The number of pyridine rings is 1. The first-order valence-electron chi connectivity index (χ1n) is 7.77. The Labute approximate surface area is 151 Å². The molecule has 1 aromatic carbocycles. The van der Waals surface area contributed by atoms with Crippen molar-refractivity contribution in [3.05, 3.63) is 59.1 Å². The number of benzene rings is 1. The summed E-state index contributed by atoms with van der Waals surface area (Å²) in [5.41, 5.74) is 0.666. The fourth-order valence-corrected chi connectivity index (χ4v) is 3.30. The van der Waals surface area contributed by atoms with Gasteiger partial charge in [-0.25, -0.2) is 4.98 Å². The average molecular weight is 380 g/mol. The molecule has 2 aromatic heterocycles. The molecule has 0 spiro atoms. The van der Waals surface area contributed by atoms with E-state index in [1.54, 1.807) is 13.0 Å². The van der Waals surface area contributed by atoms with Gasteiger partial charge in [0.2, 0.25) is 5.88 Å². The van der Waals surface area contributed by atoms with Crippen molar-refractivity contribution in [3.8, 4) is 5.88 Å². The van der Waals surface area contributed by atoms with E-state index in [0.717, 1.165) is 10.1 Å². The van der Waals surface area contributed by atoms with Gasteiger partial charge >= 0.3 is 6.18 Å². The molecule has 26 heavy (non-hydrogen) atoms. The number of ether oxygens (including phenoxy) is 1. The van der Waals surface area contributed by atoms with Crippen LogP contribution in [0.25, 0.3) is 10.1 Å². The van der Waals surface area contributed by atoms with Crippen molar-refractivity contribution in [2.45, 2.75) is 19.1 Å². The number of nitrogens with one attached hydrogen (secondary N) is 1. The molecular weight excluding hydrogens is 365 g/mol. The van der Waals surface area contributed by atoms with Crippen LogP contribution in [-0.2, 0) is 0 Å². The first-order valence-corrected chi connectivity index (χ1v) is 8.58. The number of thiophene rings is 1. The molecule has 3 rings (SSSR count). The predicted octanol–water partition coefficient (Wildman–Crippen LogP) is 4.73. The summed E-state index contributed by atoms with van der Waals surface area (Å²) in [7, 11) is 0. The zero-order valence-electron chi connectivity index (χ0n) is 13.7. The van der Waals surface area contributed by atoms with E-state index in [-0.39, 0.29) is 17.8 Å². The van der Waals surface area contributed by atoms with Crippen molar-refractivity contribution in [3.63, 3.8) is 0 Å². The molecule has 0 aliphatic rings. The highest BCUT2D eigenvalue weighted by Crippen LogP contribution is 2.26. The van der Waals surface area contributed by atoms with E-state index in [9.17, 15) is 18.0 Å². The number of halogens is 3. The van der Waals surface area contributed by atoms with E-state index in [1.165, 1.54) is 23.6 Å². The van der Waals surface area contributed by atoms with E-state index < -0.39 is 12.8 Å². The molecule has 1 N–H and O–H groups in total. The number of carbonyl (C=O) groups excluding carboxylic acids is 1. The van der Waals surface area contributed by atoms with Crippen molar-refractivity contribution in [2.24, 2.45) is 0 Å². The van der Waals surface area contributed by atoms with Crippen LogP contribution in [0.15, 0.2) is 48.7 Å². The van der Waals surface area contributed by atoms with Crippen LogP contribution in [0.3, 0.4) is 0 Å². The van der Waals surface area contributed by atoms with Crippen molar-refractivity contribution in [2.75, 3.05) is 6.61 Å². The second-order valence-corrected chi connectivity index (χ2v) is 6.76. The van der Waals surface area contributed by atoms with Gasteiger partial charge < -0.3 is 10.1 Å². The van der Waals surface area contributed by atoms with Gasteiger partial charge in [0.1, 0.15) is 0 Å². The van der Waals surface area contributed by atoms with E-state index in [2.05, 4.69) is 15.0 Å². The summed E-state index contributed by atoms with van der Waals surface area (Å²) in [4.78, 5) is 16.8. The smallest absolute Gasteiger partial charge is 0.422 e. The minimum Gasteiger partial charge on any atom is -0.468 e. The molecule has 0 fully saturated rings.